The van der Waals surface area contributed by atoms with Crippen LogP contribution in [0.4, 0.5) is 5.95 Å². The second kappa shape index (κ2) is 7.32. The van der Waals surface area contributed by atoms with Gasteiger partial charge in [-0.05, 0) is 25.0 Å². The second-order valence-corrected chi connectivity index (χ2v) is 5.44. The number of anilines is 1. The Labute approximate surface area is 140 Å². The maximum absolute atomic E-state index is 4.33. The third kappa shape index (κ3) is 4.13. The molecule has 6 nitrogen and oxygen atoms in total. The van der Waals surface area contributed by atoms with Crippen molar-refractivity contribution in [2.24, 2.45) is 10.2 Å². The minimum atomic E-state index is 0.446. The van der Waals surface area contributed by atoms with E-state index in [1.807, 2.05) is 55.5 Å². The molecule has 6 heteroatoms. The fourth-order valence-electron chi connectivity index (χ4n) is 1.99. The summed E-state index contributed by atoms with van der Waals surface area (Å²) in [7, 11) is 0. The van der Waals surface area contributed by atoms with Gasteiger partial charge >= 0.3 is 0 Å². The number of hydrazone groups is 1. The summed E-state index contributed by atoms with van der Waals surface area (Å²) >= 11 is 0. The lowest BCUT2D eigenvalue weighted by molar-refractivity contribution is 0.879. The Morgan fingerprint density at radius 2 is 1.46 bits per heavy atom. The summed E-state index contributed by atoms with van der Waals surface area (Å²) in [6.45, 7) is 4.10. The van der Waals surface area contributed by atoms with Gasteiger partial charge in [-0.25, -0.2) is 5.43 Å². The van der Waals surface area contributed by atoms with E-state index in [4.69, 9.17) is 0 Å². The molecule has 0 fully saturated rings. The minimum Gasteiger partial charge on any atom is -0.244 e. The van der Waals surface area contributed by atoms with Gasteiger partial charge in [-0.1, -0.05) is 59.7 Å². The average molecular weight is 318 g/mol. The second-order valence-electron chi connectivity index (χ2n) is 5.44. The van der Waals surface area contributed by atoms with Crippen molar-refractivity contribution in [3.8, 4) is 0 Å². The quantitative estimate of drug-likeness (QED) is 0.580. The predicted molar refractivity (Wildman–Crippen MR) is 96.6 cm³/mol. The van der Waals surface area contributed by atoms with E-state index >= 15 is 0 Å². The fraction of sp³-hybridized carbons (Fsp3) is 0.111. The van der Waals surface area contributed by atoms with Crippen molar-refractivity contribution in [3.63, 3.8) is 0 Å². The normalized spacial score (nSPS) is 11.4. The van der Waals surface area contributed by atoms with Crippen LogP contribution in [0, 0.1) is 13.8 Å². The van der Waals surface area contributed by atoms with E-state index in [-0.39, 0.29) is 0 Å². The molecule has 1 N–H and O–H groups in total. The number of rotatable bonds is 5. The molecule has 3 aromatic rings. The van der Waals surface area contributed by atoms with Crippen LogP contribution in [0.1, 0.15) is 22.3 Å². The van der Waals surface area contributed by atoms with E-state index in [2.05, 4.69) is 32.7 Å². The first-order chi connectivity index (χ1) is 11.7. The van der Waals surface area contributed by atoms with Crippen LogP contribution in [-0.4, -0.2) is 27.3 Å². The van der Waals surface area contributed by atoms with E-state index < -0.39 is 0 Å². The molecule has 0 saturated heterocycles. The maximum Gasteiger partial charge on any atom is 0.265 e. The SMILES string of the molecule is Cc1ccc(/C=N\Nc2nncn2/N=C/c2ccc(C)cc2)cc1. The first-order valence-electron chi connectivity index (χ1n) is 7.57. The zero-order chi connectivity index (χ0) is 16.8. The van der Waals surface area contributed by atoms with Crippen LogP contribution in [-0.2, 0) is 0 Å². The summed E-state index contributed by atoms with van der Waals surface area (Å²) < 4.78 is 1.53. The molecular weight excluding hydrogens is 300 g/mol. The van der Waals surface area contributed by atoms with Gasteiger partial charge in [0.2, 0.25) is 0 Å². The zero-order valence-corrected chi connectivity index (χ0v) is 13.6. The van der Waals surface area contributed by atoms with E-state index in [0.29, 0.717) is 5.95 Å². The number of nitrogens with zero attached hydrogens (tertiary/aromatic N) is 5. The molecule has 24 heavy (non-hydrogen) atoms. The molecule has 0 saturated carbocycles. The first kappa shape index (κ1) is 15.6. The number of nitrogens with one attached hydrogen (secondary N) is 1. The van der Waals surface area contributed by atoms with Gasteiger partial charge in [-0.3, -0.25) is 0 Å². The Bertz CT molecular complexity index is 844. The van der Waals surface area contributed by atoms with Crippen molar-refractivity contribution in [1.82, 2.24) is 14.9 Å². The molecule has 0 atom stereocenters. The Hall–Kier alpha value is -3.28. The number of aromatic nitrogens is 3. The third-order valence-electron chi connectivity index (χ3n) is 3.39. The van der Waals surface area contributed by atoms with Gasteiger partial charge < -0.3 is 0 Å². The molecule has 0 aliphatic rings. The number of aryl methyl sites for hydroxylation is 2. The van der Waals surface area contributed by atoms with Gasteiger partial charge in [0.25, 0.3) is 5.95 Å². The van der Waals surface area contributed by atoms with Gasteiger partial charge in [0, 0.05) is 0 Å². The van der Waals surface area contributed by atoms with Crippen LogP contribution in [0.15, 0.2) is 65.1 Å². The summed E-state index contributed by atoms with van der Waals surface area (Å²) in [5.74, 6) is 0.446. The smallest absolute Gasteiger partial charge is 0.244 e. The summed E-state index contributed by atoms with van der Waals surface area (Å²) in [5, 5.41) is 16.3. The van der Waals surface area contributed by atoms with Crippen LogP contribution in [0.2, 0.25) is 0 Å². The zero-order valence-electron chi connectivity index (χ0n) is 13.6. The van der Waals surface area contributed by atoms with Crippen LogP contribution in [0.25, 0.3) is 0 Å². The highest BCUT2D eigenvalue weighted by Gasteiger charge is 2.00. The lowest BCUT2D eigenvalue weighted by Gasteiger charge is -1.99. The summed E-state index contributed by atoms with van der Waals surface area (Å²) in [6, 6.07) is 16.2. The topological polar surface area (TPSA) is 67.5 Å². The van der Waals surface area contributed by atoms with Crippen molar-refractivity contribution >= 4 is 18.4 Å². The Morgan fingerprint density at radius 3 is 2.08 bits per heavy atom. The van der Waals surface area contributed by atoms with E-state index in [9.17, 15) is 0 Å². The number of benzene rings is 2. The number of hydrogen-bond acceptors (Lipinski definition) is 5. The molecule has 0 unspecified atom stereocenters. The highest BCUT2D eigenvalue weighted by atomic mass is 15.5. The molecule has 0 spiro atoms. The average Bonchev–Trinajstić information content (AvgIpc) is 3.04. The lowest BCUT2D eigenvalue weighted by atomic mass is 10.2. The lowest BCUT2D eigenvalue weighted by Crippen LogP contribution is -1.99. The Kier molecular flexibility index (Phi) is 4.76. The molecule has 0 amide bonds. The highest BCUT2D eigenvalue weighted by molar-refractivity contribution is 5.80. The van der Waals surface area contributed by atoms with Crippen LogP contribution in [0.3, 0.4) is 0 Å². The summed E-state index contributed by atoms with van der Waals surface area (Å²) in [5.41, 5.74) is 7.28. The first-order valence-corrected chi connectivity index (χ1v) is 7.57. The standard InChI is InChI=1S/C18H18N6/c1-14-3-7-16(8-4-14)11-19-22-18-23-20-13-24(18)21-12-17-9-5-15(2)6-10-17/h3-13H,1-2H3,(H,22,23)/b19-11-,21-12+. The molecule has 0 aliphatic carbocycles. The highest BCUT2D eigenvalue weighted by Crippen LogP contribution is 2.05. The van der Waals surface area contributed by atoms with Crippen molar-refractivity contribution in [3.05, 3.63) is 77.1 Å². The Balaban J connectivity index is 1.66. The number of hydrogen-bond donors (Lipinski definition) is 1. The molecule has 1 aromatic heterocycles. The van der Waals surface area contributed by atoms with Gasteiger partial charge in [-0.15, -0.1) is 10.2 Å². The Morgan fingerprint density at radius 1 is 0.875 bits per heavy atom. The molecule has 2 aromatic carbocycles. The monoisotopic (exact) mass is 318 g/mol. The van der Waals surface area contributed by atoms with Gasteiger partial charge in [0.05, 0.1) is 12.4 Å². The fourth-order valence-corrected chi connectivity index (χ4v) is 1.99. The summed E-state index contributed by atoms with van der Waals surface area (Å²) in [4.78, 5) is 0. The molecule has 0 radical (unpaired) electrons. The van der Waals surface area contributed by atoms with Gasteiger partial charge in [0.15, 0.2) is 0 Å². The van der Waals surface area contributed by atoms with Crippen LogP contribution in [0.5, 0.6) is 0 Å². The largest absolute Gasteiger partial charge is 0.265 e. The maximum atomic E-state index is 4.33. The van der Waals surface area contributed by atoms with Crippen LogP contribution >= 0.6 is 0 Å². The van der Waals surface area contributed by atoms with Crippen molar-refractivity contribution in [1.29, 1.82) is 0 Å². The van der Waals surface area contributed by atoms with E-state index in [0.717, 1.165) is 11.1 Å². The van der Waals surface area contributed by atoms with Gasteiger partial charge in [0.1, 0.15) is 6.33 Å². The molecule has 1 heterocycles. The van der Waals surface area contributed by atoms with Crippen LogP contribution < -0.4 is 5.43 Å². The van der Waals surface area contributed by atoms with E-state index in [1.165, 1.54) is 22.1 Å². The third-order valence-corrected chi connectivity index (χ3v) is 3.39. The predicted octanol–water partition coefficient (Wildman–Crippen LogP) is 3.22. The summed E-state index contributed by atoms with van der Waals surface area (Å²) in [6.07, 6.45) is 4.99. The molecular formula is C18H18N6. The van der Waals surface area contributed by atoms with Crippen molar-refractivity contribution in [2.45, 2.75) is 13.8 Å². The molecule has 0 aliphatic heterocycles. The minimum absolute atomic E-state index is 0.446. The van der Waals surface area contributed by atoms with Crippen molar-refractivity contribution in [2.75, 3.05) is 5.43 Å². The van der Waals surface area contributed by atoms with Gasteiger partial charge in [-0.2, -0.15) is 14.9 Å². The van der Waals surface area contributed by atoms with Crippen molar-refractivity contribution < 1.29 is 0 Å². The molecule has 0 bridgehead atoms. The van der Waals surface area contributed by atoms with E-state index in [1.54, 1.807) is 12.4 Å². The molecule has 3 rings (SSSR count). The molecule has 120 valence electrons.